The zero-order chi connectivity index (χ0) is 19.4. The monoisotopic (exact) mass is 368 g/mol. The number of piperidine rings is 1. The maximum absolute atomic E-state index is 12.7. The Balaban J connectivity index is 1.65. The number of carbonyl (C=O) groups excluding carboxylic acids is 1. The second-order valence-corrected chi connectivity index (χ2v) is 8.79. The van der Waals surface area contributed by atoms with Gasteiger partial charge in [0.05, 0.1) is 12.3 Å². The van der Waals surface area contributed by atoms with E-state index in [1.54, 1.807) is 6.26 Å². The van der Waals surface area contributed by atoms with Crippen LogP contribution in [-0.2, 0) is 5.41 Å². The number of benzene rings is 1. The molecule has 4 nitrogen and oxygen atoms in total. The largest absolute Gasteiger partial charge is 0.468 e. The lowest BCUT2D eigenvalue weighted by molar-refractivity contribution is 0.0895. The Morgan fingerprint density at radius 1 is 1.19 bits per heavy atom. The van der Waals surface area contributed by atoms with E-state index < -0.39 is 0 Å². The molecular formula is C23H32N2O2. The maximum Gasteiger partial charge on any atom is 0.251 e. The number of rotatable bonds is 5. The van der Waals surface area contributed by atoms with Crippen LogP contribution in [0.2, 0.25) is 0 Å². The molecule has 1 aliphatic heterocycles. The van der Waals surface area contributed by atoms with E-state index in [0.29, 0.717) is 12.1 Å². The third kappa shape index (κ3) is 5.01. The predicted molar refractivity (Wildman–Crippen MR) is 109 cm³/mol. The second kappa shape index (κ2) is 8.30. The average Bonchev–Trinajstić information content (AvgIpc) is 3.17. The zero-order valence-corrected chi connectivity index (χ0v) is 17.0. The summed E-state index contributed by atoms with van der Waals surface area (Å²) in [6, 6.07) is 11.9. The van der Waals surface area contributed by atoms with Gasteiger partial charge in [0.25, 0.3) is 5.91 Å². The van der Waals surface area contributed by atoms with Crippen LogP contribution in [0.1, 0.15) is 68.3 Å². The Kier molecular flexibility index (Phi) is 6.05. The van der Waals surface area contributed by atoms with E-state index in [-0.39, 0.29) is 17.4 Å². The van der Waals surface area contributed by atoms with Crippen molar-refractivity contribution in [3.05, 3.63) is 59.5 Å². The van der Waals surface area contributed by atoms with Crippen molar-refractivity contribution >= 4 is 5.91 Å². The summed E-state index contributed by atoms with van der Waals surface area (Å²) >= 11 is 0. The Labute approximate surface area is 162 Å². The smallest absolute Gasteiger partial charge is 0.251 e. The van der Waals surface area contributed by atoms with E-state index in [4.69, 9.17) is 4.42 Å². The highest BCUT2D eigenvalue weighted by Gasteiger charge is 2.27. The number of hydrogen-bond acceptors (Lipinski definition) is 3. The molecule has 1 atom stereocenters. The van der Waals surface area contributed by atoms with Crippen LogP contribution in [0.25, 0.3) is 0 Å². The highest BCUT2D eigenvalue weighted by atomic mass is 16.3. The molecular weight excluding hydrogens is 336 g/mol. The minimum absolute atomic E-state index is 0.0302. The highest BCUT2D eigenvalue weighted by molar-refractivity contribution is 5.94. The van der Waals surface area contributed by atoms with Gasteiger partial charge in [-0.25, -0.2) is 0 Å². The van der Waals surface area contributed by atoms with Gasteiger partial charge in [0, 0.05) is 12.1 Å². The first kappa shape index (κ1) is 19.7. The summed E-state index contributed by atoms with van der Waals surface area (Å²) < 4.78 is 5.67. The quantitative estimate of drug-likeness (QED) is 0.826. The summed E-state index contributed by atoms with van der Waals surface area (Å²) in [5.74, 6) is 1.67. The summed E-state index contributed by atoms with van der Waals surface area (Å²) in [5, 5.41) is 3.11. The predicted octanol–water partition coefficient (Wildman–Crippen LogP) is 4.78. The molecule has 4 heteroatoms. The molecule has 1 aromatic carbocycles. The Morgan fingerprint density at radius 3 is 2.41 bits per heavy atom. The molecule has 2 aromatic rings. The van der Waals surface area contributed by atoms with Crippen molar-refractivity contribution in [1.29, 1.82) is 0 Å². The molecule has 1 aliphatic rings. The van der Waals surface area contributed by atoms with Crippen LogP contribution in [0.3, 0.4) is 0 Å². The van der Waals surface area contributed by atoms with Gasteiger partial charge in [0.1, 0.15) is 5.76 Å². The SMILES string of the molecule is CC1CCN([C@H](CNC(=O)c2ccc(C(C)(C)C)cc2)c2ccco2)CC1. The fourth-order valence-electron chi connectivity index (χ4n) is 3.64. The van der Waals surface area contributed by atoms with Crippen LogP contribution in [-0.4, -0.2) is 30.4 Å². The molecule has 146 valence electrons. The first-order valence-electron chi connectivity index (χ1n) is 10.0. The Bertz CT molecular complexity index is 721. The zero-order valence-electron chi connectivity index (χ0n) is 17.0. The fraction of sp³-hybridized carbons (Fsp3) is 0.522. The van der Waals surface area contributed by atoms with Crippen molar-refractivity contribution in [3.63, 3.8) is 0 Å². The number of nitrogens with zero attached hydrogens (tertiary/aromatic N) is 1. The molecule has 0 spiro atoms. The molecule has 2 heterocycles. The minimum atomic E-state index is -0.0302. The van der Waals surface area contributed by atoms with Crippen molar-refractivity contribution in [2.45, 2.75) is 52.0 Å². The van der Waals surface area contributed by atoms with Gasteiger partial charge in [-0.1, -0.05) is 39.8 Å². The van der Waals surface area contributed by atoms with E-state index >= 15 is 0 Å². The standard InChI is InChI=1S/C23H32N2O2/c1-17-11-13-25(14-12-17)20(21-6-5-15-27-21)16-24-22(26)18-7-9-19(10-8-18)23(2,3)4/h5-10,15,17,20H,11-14,16H2,1-4H3,(H,24,26)/t20-/m1/s1. The van der Waals surface area contributed by atoms with Crippen molar-refractivity contribution in [2.24, 2.45) is 5.92 Å². The summed E-state index contributed by atoms with van der Waals surface area (Å²) in [7, 11) is 0. The first-order chi connectivity index (χ1) is 12.8. The maximum atomic E-state index is 12.7. The molecule has 0 saturated carbocycles. The normalized spacial score (nSPS) is 17.6. The fourth-order valence-corrected chi connectivity index (χ4v) is 3.64. The molecule has 1 saturated heterocycles. The second-order valence-electron chi connectivity index (χ2n) is 8.79. The highest BCUT2D eigenvalue weighted by Crippen LogP contribution is 2.27. The van der Waals surface area contributed by atoms with Crippen molar-refractivity contribution in [3.8, 4) is 0 Å². The molecule has 1 aromatic heterocycles. The molecule has 0 radical (unpaired) electrons. The number of furan rings is 1. The number of amides is 1. The Hall–Kier alpha value is -2.07. The average molecular weight is 369 g/mol. The van der Waals surface area contributed by atoms with Gasteiger partial charge in [-0.2, -0.15) is 0 Å². The van der Waals surface area contributed by atoms with Crippen LogP contribution in [0.4, 0.5) is 0 Å². The molecule has 0 unspecified atom stereocenters. The van der Waals surface area contributed by atoms with Gasteiger partial charge < -0.3 is 9.73 Å². The van der Waals surface area contributed by atoms with Gasteiger partial charge >= 0.3 is 0 Å². The van der Waals surface area contributed by atoms with Crippen LogP contribution in [0, 0.1) is 5.92 Å². The van der Waals surface area contributed by atoms with Crippen molar-refractivity contribution in [1.82, 2.24) is 10.2 Å². The van der Waals surface area contributed by atoms with Crippen molar-refractivity contribution < 1.29 is 9.21 Å². The molecule has 1 amide bonds. The number of likely N-dealkylation sites (tertiary alicyclic amines) is 1. The summed E-state index contributed by atoms with van der Waals surface area (Å²) in [4.78, 5) is 15.1. The van der Waals surface area contributed by atoms with E-state index in [0.717, 1.165) is 24.8 Å². The topological polar surface area (TPSA) is 45.5 Å². The van der Waals surface area contributed by atoms with E-state index in [2.05, 4.69) is 37.9 Å². The van der Waals surface area contributed by atoms with Gasteiger partial charge in [-0.3, -0.25) is 9.69 Å². The molecule has 0 aliphatic carbocycles. The molecule has 1 fully saturated rings. The van der Waals surface area contributed by atoms with Crippen LogP contribution < -0.4 is 5.32 Å². The molecule has 3 rings (SSSR count). The number of carbonyl (C=O) groups is 1. The Morgan fingerprint density at radius 2 is 1.85 bits per heavy atom. The van der Waals surface area contributed by atoms with Gasteiger partial charge in [0.2, 0.25) is 0 Å². The lowest BCUT2D eigenvalue weighted by Crippen LogP contribution is -2.41. The van der Waals surface area contributed by atoms with E-state index in [1.165, 1.54) is 18.4 Å². The molecule has 0 bridgehead atoms. The third-order valence-corrected chi connectivity index (χ3v) is 5.60. The minimum Gasteiger partial charge on any atom is -0.468 e. The lowest BCUT2D eigenvalue weighted by Gasteiger charge is -2.35. The lowest BCUT2D eigenvalue weighted by atomic mass is 9.87. The molecule has 27 heavy (non-hydrogen) atoms. The third-order valence-electron chi connectivity index (χ3n) is 5.60. The van der Waals surface area contributed by atoms with Crippen molar-refractivity contribution in [2.75, 3.05) is 19.6 Å². The van der Waals surface area contributed by atoms with Gasteiger partial charge in [-0.05, 0) is 67.1 Å². The van der Waals surface area contributed by atoms with Crippen LogP contribution in [0.5, 0.6) is 0 Å². The van der Waals surface area contributed by atoms with E-state index in [1.807, 2.05) is 36.4 Å². The van der Waals surface area contributed by atoms with Crippen LogP contribution >= 0.6 is 0 Å². The number of hydrogen-bond donors (Lipinski definition) is 1. The van der Waals surface area contributed by atoms with Crippen LogP contribution in [0.15, 0.2) is 47.1 Å². The summed E-state index contributed by atoms with van der Waals surface area (Å²) in [6.45, 7) is 11.5. The van der Waals surface area contributed by atoms with Gasteiger partial charge in [-0.15, -0.1) is 0 Å². The number of nitrogens with one attached hydrogen (secondary N) is 1. The summed E-state index contributed by atoms with van der Waals surface area (Å²) in [6.07, 6.45) is 4.10. The van der Waals surface area contributed by atoms with Gasteiger partial charge in [0.15, 0.2) is 0 Å². The molecule has 1 N–H and O–H groups in total. The summed E-state index contributed by atoms with van der Waals surface area (Å²) in [5.41, 5.74) is 2.02. The first-order valence-corrected chi connectivity index (χ1v) is 10.0. The van der Waals surface area contributed by atoms with E-state index in [9.17, 15) is 4.79 Å².